The molecule has 206 valence electrons. The highest BCUT2D eigenvalue weighted by molar-refractivity contribution is 5.94. The molecule has 1 unspecified atom stereocenters. The number of piperidine rings is 1. The quantitative estimate of drug-likeness (QED) is 0.326. The summed E-state index contributed by atoms with van der Waals surface area (Å²) in [6, 6.07) is 22.0. The second kappa shape index (κ2) is 12.1. The standard InChI is InChI=1S/C32H36N6O2/c39-27(22-38-17-13-30-25(20-38)18-24-19-33-14-10-29(24)35-30)21-37-15-11-26(12-16-37)34-32(40)36-31-9-5-4-8-28(31)23-6-2-1-3-7-23/h1-10,14,18-19,26-27,39H,11-13,15-17,20-22H2,(H2,34,36,40). The lowest BCUT2D eigenvalue weighted by Gasteiger charge is -2.35. The van der Waals surface area contributed by atoms with Crippen molar-refractivity contribution in [2.75, 3.05) is 38.0 Å². The molecule has 8 heteroatoms. The van der Waals surface area contributed by atoms with Crippen LogP contribution in [0.5, 0.6) is 0 Å². The molecule has 1 saturated heterocycles. The third-order valence-electron chi connectivity index (χ3n) is 7.96. The topological polar surface area (TPSA) is 93.6 Å². The molecular formula is C32H36N6O2. The number of hydrogen-bond donors (Lipinski definition) is 3. The van der Waals surface area contributed by atoms with E-state index in [-0.39, 0.29) is 12.1 Å². The summed E-state index contributed by atoms with van der Waals surface area (Å²) in [6.07, 6.45) is 5.86. The van der Waals surface area contributed by atoms with E-state index in [4.69, 9.17) is 4.98 Å². The van der Waals surface area contributed by atoms with E-state index in [0.717, 1.165) is 78.9 Å². The fourth-order valence-corrected chi connectivity index (χ4v) is 5.91. The second-order valence-electron chi connectivity index (χ2n) is 10.9. The van der Waals surface area contributed by atoms with Gasteiger partial charge < -0.3 is 20.6 Å². The van der Waals surface area contributed by atoms with Crippen molar-refractivity contribution in [3.05, 3.63) is 90.4 Å². The maximum atomic E-state index is 12.8. The van der Waals surface area contributed by atoms with Crippen molar-refractivity contribution in [2.24, 2.45) is 0 Å². The number of carbonyl (C=O) groups excluding carboxylic acids is 1. The average molecular weight is 537 g/mol. The highest BCUT2D eigenvalue weighted by Gasteiger charge is 2.25. The Hall–Kier alpha value is -3.85. The van der Waals surface area contributed by atoms with Crippen molar-refractivity contribution in [1.29, 1.82) is 0 Å². The third-order valence-corrected chi connectivity index (χ3v) is 7.96. The molecule has 8 nitrogen and oxygen atoms in total. The summed E-state index contributed by atoms with van der Waals surface area (Å²) in [7, 11) is 0. The predicted octanol–water partition coefficient (Wildman–Crippen LogP) is 4.30. The number of aromatic nitrogens is 2. The number of pyridine rings is 2. The van der Waals surface area contributed by atoms with Gasteiger partial charge in [0.25, 0.3) is 0 Å². The van der Waals surface area contributed by atoms with Gasteiger partial charge in [-0.1, -0.05) is 48.5 Å². The predicted molar refractivity (Wildman–Crippen MR) is 158 cm³/mol. The number of nitrogens with zero attached hydrogens (tertiary/aromatic N) is 4. The van der Waals surface area contributed by atoms with Crippen LogP contribution in [0, 0.1) is 0 Å². The number of likely N-dealkylation sites (tertiary alicyclic amines) is 1. The Labute approximate surface area is 235 Å². The summed E-state index contributed by atoms with van der Waals surface area (Å²) < 4.78 is 0. The van der Waals surface area contributed by atoms with Gasteiger partial charge in [0, 0.05) is 80.8 Å². The number of anilines is 1. The van der Waals surface area contributed by atoms with E-state index in [9.17, 15) is 9.90 Å². The highest BCUT2D eigenvalue weighted by atomic mass is 16.3. The maximum Gasteiger partial charge on any atom is 0.319 e. The van der Waals surface area contributed by atoms with E-state index in [1.807, 2.05) is 66.9 Å². The summed E-state index contributed by atoms with van der Waals surface area (Å²) in [5.41, 5.74) is 6.26. The van der Waals surface area contributed by atoms with Gasteiger partial charge in [-0.05, 0) is 42.2 Å². The lowest BCUT2D eigenvalue weighted by atomic mass is 10.0. The fourth-order valence-electron chi connectivity index (χ4n) is 5.91. The highest BCUT2D eigenvalue weighted by Crippen LogP contribution is 2.27. The van der Waals surface area contributed by atoms with Crippen LogP contribution in [0.15, 0.2) is 79.1 Å². The van der Waals surface area contributed by atoms with Crippen LogP contribution in [0.4, 0.5) is 10.5 Å². The smallest absolute Gasteiger partial charge is 0.319 e. The number of carbonyl (C=O) groups is 1. The number of aliphatic hydroxyl groups excluding tert-OH is 1. The number of aliphatic hydroxyl groups is 1. The van der Waals surface area contributed by atoms with Crippen LogP contribution in [0.1, 0.15) is 24.1 Å². The largest absolute Gasteiger partial charge is 0.390 e. The number of amides is 2. The Morgan fingerprint density at radius 3 is 2.60 bits per heavy atom. The van der Waals surface area contributed by atoms with Crippen LogP contribution in [0.3, 0.4) is 0 Å². The van der Waals surface area contributed by atoms with Gasteiger partial charge in [0.1, 0.15) is 0 Å². The minimum atomic E-state index is -0.418. The normalized spacial score (nSPS) is 17.3. The van der Waals surface area contributed by atoms with Gasteiger partial charge in [-0.25, -0.2) is 4.79 Å². The van der Waals surface area contributed by atoms with Crippen molar-refractivity contribution in [3.63, 3.8) is 0 Å². The molecule has 2 aliphatic heterocycles. The van der Waals surface area contributed by atoms with Crippen molar-refractivity contribution < 1.29 is 9.90 Å². The number of rotatable bonds is 7. The Kier molecular flexibility index (Phi) is 7.99. The fraction of sp³-hybridized carbons (Fsp3) is 0.344. The Bertz CT molecular complexity index is 1450. The van der Waals surface area contributed by atoms with Crippen LogP contribution < -0.4 is 10.6 Å². The zero-order valence-corrected chi connectivity index (χ0v) is 22.7. The third kappa shape index (κ3) is 6.31. The monoisotopic (exact) mass is 536 g/mol. The Balaban J connectivity index is 0.954. The molecule has 3 N–H and O–H groups in total. The first-order chi connectivity index (χ1) is 19.6. The van der Waals surface area contributed by atoms with E-state index in [2.05, 4.69) is 31.5 Å². The van der Waals surface area contributed by atoms with E-state index < -0.39 is 6.10 Å². The summed E-state index contributed by atoms with van der Waals surface area (Å²) in [4.78, 5) is 26.5. The van der Waals surface area contributed by atoms with E-state index in [1.165, 1.54) is 5.56 Å². The Morgan fingerprint density at radius 1 is 0.975 bits per heavy atom. The number of nitrogens with one attached hydrogen (secondary N) is 2. The molecule has 4 aromatic rings. The molecule has 40 heavy (non-hydrogen) atoms. The first kappa shape index (κ1) is 26.4. The van der Waals surface area contributed by atoms with Gasteiger partial charge in [-0.3, -0.25) is 14.9 Å². The molecule has 2 aromatic carbocycles. The van der Waals surface area contributed by atoms with E-state index in [0.29, 0.717) is 13.1 Å². The molecule has 0 bridgehead atoms. The SMILES string of the molecule is O=C(Nc1ccccc1-c1ccccc1)NC1CCN(CC(O)CN2CCc3nc4ccncc4cc3C2)CC1. The number of para-hydroxylation sites is 1. The van der Waals surface area contributed by atoms with Crippen molar-refractivity contribution in [3.8, 4) is 11.1 Å². The van der Waals surface area contributed by atoms with Crippen molar-refractivity contribution in [1.82, 2.24) is 25.1 Å². The minimum Gasteiger partial charge on any atom is -0.390 e. The lowest BCUT2D eigenvalue weighted by molar-refractivity contribution is 0.0595. The van der Waals surface area contributed by atoms with Gasteiger partial charge in [-0.2, -0.15) is 0 Å². The van der Waals surface area contributed by atoms with Gasteiger partial charge >= 0.3 is 6.03 Å². The zero-order chi connectivity index (χ0) is 27.3. The van der Waals surface area contributed by atoms with Crippen molar-refractivity contribution >= 4 is 22.6 Å². The molecule has 0 saturated carbocycles. The van der Waals surface area contributed by atoms with Crippen LogP contribution >= 0.6 is 0 Å². The first-order valence-corrected chi connectivity index (χ1v) is 14.2. The van der Waals surface area contributed by atoms with Crippen LogP contribution in [0.2, 0.25) is 0 Å². The molecular weight excluding hydrogens is 500 g/mol. The molecule has 1 atom stereocenters. The maximum absolute atomic E-state index is 12.8. The van der Waals surface area contributed by atoms with Gasteiger partial charge in [0.15, 0.2) is 0 Å². The molecule has 2 amide bonds. The first-order valence-electron chi connectivity index (χ1n) is 14.2. The molecule has 0 radical (unpaired) electrons. The molecule has 2 aromatic heterocycles. The number of urea groups is 1. The number of benzene rings is 2. The molecule has 2 aliphatic rings. The minimum absolute atomic E-state index is 0.118. The molecule has 0 spiro atoms. The van der Waals surface area contributed by atoms with Gasteiger partial charge in [0.2, 0.25) is 0 Å². The summed E-state index contributed by atoms with van der Waals surface area (Å²) in [6.45, 7) is 4.71. The average Bonchev–Trinajstić information content (AvgIpc) is 2.98. The Morgan fingerprint density at radius 2 is 1.75 bits per heavy atom. The van der Waals surface area contributed by atoms with Gasteiger partial charge in [0.05, 0.1) is 17.3 Å². The van der Waals surface area contributed by atoms with E-state index in [1.54, 1.807) is 6.20 Å². The second-order valence-corrected chi connectivity index (χ2v) is 10.9. The number of β-amino-alcohol motifs (C(OH)–C–C–N with tert-alkyl or cyclic N) is 1. The van der Waals surface area contributed by atoms with Crippen LogP contribution in [-0.2, 0) is 13.0 Å². The van der Waals surface area contributed by atoms with Gasteiger partial charge in [-0.15, -0.1) is 0 Å². The lowest BCUT2D eigenvalue weighted by Crippen LogP contribution is -2.49. The zero-order valence-electron chi connectivity index (χ0n) is 22.7. The molecule has 1 fully saturated rings. The number of fused-ring (bicyclic) bond motifs is 2. The molecule has 4 heterocycles. The molecule has 0 aliphatic carbocycles. The van der Waals surface area contributed by atoms with Crippen LogP contribution in [-0.4, -0.2) is 75.8 Å². The van der Waals surface area contributed by atoms with Crippen LogP contribution in [0.25, 0.3) is 22.0 Å². The summed E-state index contributed by atoms with van der Waals surface area (Å²) >= 11 is 0. The molecule has 6 rings (SSSR count). The number of hydrogen-bond acceptors (Lipinski definition) is 6. The summed E-state index contributed by atoms with van der Waals surface area (Å²) in [5, 5.41) is 18.1. The van der Waals surface area contributed by atoms with Crippen molar-refractivity contribution in [2.45, 2.75) is 38.0 Å². The summed E-state index contributed by atoms with van der Waals surface area (Å²) in [5.74, 6) is 0. The van der Waals surface area contributed by atoms with E-state index >= 15 is 0 Å².